The molecule has 0 spiro atoms. The Labute approximate surface area is 55.8 Å². The van der Waals surface area contributed by atoms with Crippen LogP contribution in [0.4, 0.5) is 0 Å². The third-order valence-electron chi connectivity index (χ3n) is 0. The Hall–Kier alpha value is -0.141. The third-order valence-corrected chi connectivity index (χ3v) is 0. The first kappa shape index (κ1) is 68.1. The number of carbonyl (C=O) groups excluding carboxylic acids is 2. The zero-order chi connectivity index (χ0) is 4.00. The quantitative estimate of drug-likeness (QED) is 0.279. The second-order valence-electron chi connectivity index (χ2n) is 0. The Kier molecular flexibility index (Phi) is 68200. The van der Waals surface area contributed by atoms with Crippen LogP contribution in [-0.2, 0) is 26.7 Å². The van der Waals surface area contributed by atoms with Crippen LogP contribution in [0.1, 0.15) is 0 Å². The van der Waals surface area contributed by atoms with Gasteiger partial charge in [0.05, 0.1) is 0 Å². The Morgan fingerprint density at radius 3 is 0.714 bits per heavy atom. The normalized spacial score (nSPS) is 1.14. The summed E-state index contributed by atoms with van der Waals surface area (Å²) in [6.45, 7) is 6.50. The summed E-state index contributed by atoms with van der Waals surface area (Å²) in [5.74, 6) is 0. The second-order valence-corrected chi connectivity index (χ2v) is 0. The molecule has 0 rings (SSSR count). The Balaban J connectivity index is -0.00000000267. The van der Waals surface area contributed by atoms with Gasteiger partial charge in [-0.25, -0.2) is 0 Å². The Morgan fingerprint density at radius 2 is 0.714 bits per heavy atom. The number of hydrogen-bond acceptors (Lipinski definition) is 2. The predicted molar refractivity (Wildman–Crippen MR) is 26.3 cm³/mol. The first-order valence-corrected chi connectivity index (χ1v) is 0.471. The molecule has 3 heteroatoms. The average molecular weight is 144 g/mol. The molecule has 0 radical (unpaired) electrons. The molecule has 0 amide bonds. The van der Waals surface area contributed by atoms with Crippen molar-refractivity contribution in [1.29, 1.82) is 0 Å². The van der Waals surface area contributed by atoms with Gasteiger partial charge in [0.1, 0.15) is 0 Å². The van der Waals surface area contributed by atoms with E-state index >= 15 is 0 Å². The van der Waals surface area contributed by atoms with Gasteiger partial charge in [-0.15, -0.1) is 0 Å². The molecule has 0 aliphatic heterocycles. The maximum Gasteiger partial charge on any atom is 4.00 e. The Bertz CT molecular complexity index is 11.7. The molecule has 0 aromatic rings. The number of hydrogen-bond donors (Lipinski definition) is 0. The van der Waals surface area contributed by atoms with Crippen LogP contribution in [0.3, 0.4) is 0 Å². The van der Waals surface area contributed by atoms with Crippen LogP contribution in [0.2, 0.25) is 0 Å². The largest absolute Gasteiger partial charge is 4.00 e. The molecule has 0 aliphatic carbocycles. The van der Waals surface area contributed by atoms with E-state index in [9.17, 15) is 0 Å². The van der Waals surface area contributed by atoms with Crippen LogP contribution in [0.15, 0.2) is 0 Å². The molecule has 0 saturated carbocycles. The minimum Gasteiger partial charge on any atom is -0.545 e. The summed E-state index contributed by atoms with van der Waals surface area (Å²) in [6, 6.07) is 0. The molecular weight excluding hydrogens is 136 g/mol. The van der Waals surface area contributed by atoms with E-state index in [-0.39, 0.29) is 31.9 Å². The summed E-state index contributed by atoms with van der Waals surface area (Å²) in [6.07, 6.45) is 0. The molecule has 44 valence electrons. The fourth-order valence-electron chi connectivity index (χ4n) is 0. The predicted octanol–water partition coefficient (Wildman–Crippen LogP) is 0.350. The molecule has 0 aromatic heterocycles. The standard InChI is InChI=1S/2CHO.2CH3.Fe/c2*1-2;;;/h2*1H;2*1H3;/q4*-1;+4. The van der Waals surface area contributed by atoms with E-state index < -0.39 is 0 Å². The van der Waals surface area contributed by atoms with Gasteiger partial charge in [-0.2, -0.15) is 0 Å². The summed E-state index contributed by atoms with van der Waals surface area (Å²) in [5.41, 5.74) is 0. The van der Waals surface area contributed by atoms with Gasteiger partial charge in [-0.3, -0.25) is 13.6 Å². The van der Waals surface area contributed by atoms with Crippen molar-refractivity contribution in [1.82, 2.24) is 0 Å². The molecule has 0 aromatic carbocycles. The van der Waals surface area contributed by atoms with Crippen LogP contribution < -0.4 is 0 Å². The van der Waals surface area contributed by atoms with E-state index in [0.717, 1.165) is 0 Å². The van der Waals surface area contributed by atoms with Crippen LogP contribution in [0.25, 0.3) is 0 Å². The van der Waals surface area contributed by atoms with Crippen molar-refractivity contribution in [3.05, 3.63) is 14.9 Å². The van der Waals surface area contributed by atoms with Gasteiger partial charge in [0.25, 0.3) is 0 Å². The molecule has 0 heterocycles. The zero-order valence-electron chi connectivity index (χ0n) is 4.32. The van der Waals surface area contributed by atoms with E-state index in [1.807, 2.05) is 0 Å². The summed E-state index contributed by atoms with van der Waals surface area (Å²) in [5, 5.41) is 0. The fraction of sp³-hybridized carbons (Fsp3) is 0. The molecule has 0 unspecified atom stereocenters. The van der Waals surface area contributed by atoms with Crippen LogP contribution in [-0.4, -0.2) is 13.6 Å². The third kappa shape index (κ3) is 4420. The zero-order valence-corrected chi connectivity index (χ0v) is 5.43. The van der Waals surface area contributed by atoms with Crippen molar-refractivity contribution in [2.24, 2.45) is 0 Å². The molecule has 0 fully saturated rings. The monoisotopic (exact) mass is 144 g/mol. The smallest absolute Gasteiger partial charge is 0.545 e. The number of rotatable bonds is 0. The van der Waals surface area contributed by atoms with Gasteiger partial charge >= 0.3 is 17.1 Å². The minimum absolute atomic E-state index is 0. The summed E-state index contributed by atoms with van der Waals surface area (Å²) in [4.78, 5) is 15.5. The van der Waals surface area contributed by atoms with Crippen molar-refractivity contribution in [3.8, 4) is 0 Å². The van der Waals surface area contributed by atoms with Crippen molar-refractivity contribution in [2.75, 3.05) is 0 Å². The maximum atomic E-state index is 7.75. The first-order chi connectivity index (χ1) is 2.00. The first-order valence-electron chi connectivity index (χ1n) is 0.471. The van der Waals surface area contributed by atoms with Gasteiger partial charge < -0.3 is 24.4 Å². The summed E-state index contributed by atoms with van der Waals surface area (Å²) < 4.78 is 0. The molecule has 2 nitrogen and oxygen atoms in total. The van der Waals surface area contributed by atoms with E-state index in [1.165, 1.54) is 0 Å². The van der Waals surface area contributed by atoms with E-state index in [2.05, 4.69) is 13.6 Å². The van der Waals surface area contributed by atoms with E-state index in [4.69, 9.17) is 9.59 Å². The molecule has 0 N–H and O–H groups in total. The average Bonchev–Trinajstić information content (AvgIpc) is 1.50. The van der Waals surface area contributed by atoms with Gasteiger partial charge in [0, 0.05) is 0 Å². The molecule has 7 heavy (non-hydrogen) atoms. The molecule has 0 atom stereocenters. The van der Waals surface area contributed by atoms with E-state index in [1.54, 1.807) is 0 Å². The van der Waals surface area contributed by atoms with Gasteiger partial charge in [-0.1, -0.05) is 0 Å². The van der Waals surface area contributed by atoms with Crippen molar-refractivity contribution in [3.63, 3.8) is 0 Å². The fourth-order valence-corrected chi connectivity index (χ4v) is 0. The molecule has 0 aliphatic rings. The topological polar surface area (TPSA) is 34.1 Å². The summed E-state index contributed by atoms with van der Waals surface area (Å²) >= 11 is 0. The van der Waals surface area contributed by atoms with E-state index in [0.29, 0.717) is 0 Å². The Morgan fingerprint density at radius 1 is 0.714 bits per heavy atom. The van der Waals surface area contributed by atoms with Gasteiger partial charge in [-0.05, 0) is 0 Å². The molecular formula is C4H8FeO2. The van der Waals surface area contributed by atoms with Crippen molar-refractivity contribution < 1.29 is 26.7 Å². The minimum atomic E-state index is 0. The van der Waals surface area contributed by atoms with Gasteiger partial charge in [0.2, 0.25) is 0 Å². The molecule has 0 bridgehead atoms. The molecule has 0 saturated heterocycles. The van der Waals surface area contributed by atoms with Crippen molar-refractivity contribution >= 4 is 13.6 Å². The van der Waals surface area contributed by atoms with Crippen LogP contribution in [0.5, 0.6) is 0 Å². The second kappa shape index (κ2) is 7010. The summed E-state index contributed by atoms with van der Waals surface area (Å²) in [7, 11) is 0. The van der Waals surface area contributed by atoms with Gasteiger partial charge in [0.15, 0.2) is 0 Å². The SMILES string of the molecule is [CH-]=O.[CH-]=O.[CH3-].[CH3-].[Fe+4]. The van der Waals surface area contributed by atoms with Crippen LogP contribution >= 0.6 is 0 Å². The maximum absolute atomic E-state index is 7.75. The van der Waals surface area contributed by atoms with Crippen LogP contribution in [0, 0.1) is 14.9 Å². The van der Waals surface area contributed by atoms with Crippen molar-refractivity contribution in [2.45, 2.75) is 0 Å².